The van der Waals surface area contributed by atoms with E-state index in [0.717, 1.165) is 11.1 Å². The molecule has 7 heteroatoms. The van der Waals surface area contributed by atoms with Crippen LogP contribution in [0, 0.1) is 22.6 Å². The zero-order valence-electron chi connectivity index (χ0n) is 17.0. The van der Waals surface area contributed by atoms with Crippen LogP contribution in [0.5, 0.6) is 0 Å². The zero-order chi connectivity index (χ0) is 21.8. The van der Waals surface area contributed by atoms with Gasteiger partial charge in [0.2, 0.25) is 0 Å². The van der Waals surface area contributed by atoms with E-state index in [4.69, 9.17) is 4.74 Å². The van der Waals surface area contributed by atoms with Crippen LogP contribution in [0.3, 0.4) is 0 Å². The van der Waals surface area contributed by atoms with Crippen LogP contribution >= 0.6 is 0 Å². The molecule has 3 aliphatic rings. The fraction of sp³-hybridized carbons (Fsp3) is 0.333. The molecule has 1 aromatic rings. The van der Waals surface area contributed by atoms with Crippen LogP contribution in [0.4, 0.5) is 4.39 Å². The first-order valence-corrected chi connectivity index (χ1v) is 10.3. The summed E-state index contributed by atoms with van der Waals surface area (Å²) in [6, 6.07) is 8.63. The number of hydrogen-bond acceptors (Lipinski definition) is 4. The Bertz CT molecular complexity index is 1050. The molecule has 2 aliphatic heterocycles. The highest BCUT2D eigenvalue weighted by Gasteiger charge is 2.36. The van der Waals surface area contributed by atoms with Gasteiger partial charge in [0.15, 0.2) is 6.61 Å². The van der Waals surface area contributed by atoms with E-state index in [9.17, 15) is 19.2 Å². The quantitative estimate of drug-likeness (QED) is 0.733. The second-order valence-corrected chi connectivity index (χ2v) is 7.96. The van der Waals surface area contributed by atoms with Crippen molar-refractivity contribution in [3.8, 4) is 6.07 Å². The fourth-order valence-electron chi connectivity index (χ4n) is 4.07. The van der Waals surface area contributed by atoms with Crippen LogP contribution in [-0.4, -0.2) is 42.1 Å². The standard InChI is InChI=1S/C24H22FN3O3/c25-19-7-4-17(5-8-19)14-24(16-26)10-12-28(13-11-24)22(30)15-31-20-3-1-2-18-6-9-21(29)27-23(18)20/h2-9H,1,10-15H2. The monoisotopic (exact) mass is 419 g/mol. The third kappa shape index (κ3) is 4.64. The molecule has 4 rings (SSSR count). The molecule has 2 amide bonds. The predicted octanol–water partition coefficient (Wildman–Crippen LogP) is 3.27. The van der Waals surface area contributed by atoms with E-state index in [-0.39, 0.29) is 24.2 Å². The van der Waals surface area contributed by atoms with Gasteiger partial charge in [0, 0.05) is 24.7 Å². The van der Waals surface area contributed by atoms with Crippen molar-refractivity contribution in [3.63, 3.8) is 0 Å². The number of aliphatic imine (C=N–C) groups is 1. The molecule has 158 valence electrons. The molecule has 0 atom stereocenters. The van der Waals surface area contributed by atoms with Gasteiger partial charge < -0.3 is 9.64 Å². The SMILES string of the molecule is N#CC1(Cc2ccc(F)cc2)CCN(C(=O)COC2=CCC=C3C=CC(=O)N=C32)CC1. The van der Waals surface area contributed by atoms with E-state index < -0.39 is 5.41 Å². The van der Waals surface area contributed by atoms with Gasteiger partial charge in [-0.2, -0.15) is 5.26 Å². The number of carbonyl (C=O) groups is 2. The second kappa shape index (κ2) is 8.68. The molecule has 0 spiro atoms. The number of dihydropyridines is 1. The predicted molar refractivity (Wildman–Crippen MR) is 112 cm³/mol. The van der Waals surface area contributed by atoms with Crippen molar-refractivity contribution in [2.75, 3.05) is 19.7 Å². The third-order valence-corrected chi connectivity index (χ3v) is 5.89. The summed E-state index contributed by atoms with van der Waals surface area (Å²) in [6.45, 7) is 0.778. The van der Waals surface area contributed by atoms with Gasteiger partial charge in [0.25, 0.3) is 11.8 Å². The summed E-state index contributed by atoms with van der Waals surface area (Å²) in [6.07, 6.45) is 9.15. The van der Waals surface area contributed by atoms with Crippen molar-refractivity contribution in [2.45, 2.75) is 25.7 Å². The lowest BCUT2D eigenvalue weighted by molar-refractivity contribution is -0.136. The molecule has 2 heterocycles. The summed E-state index contributed by atoms with van der Waals surface area (Å²) >= 11 is 0. The van der Waals surface area contributed by atoms with E-state index in [2.05, 4.69) is 11.1 Å². The number of nitrogens with zero attached hydrogens (tertiary/aromatic N) is 3. The molecular formula is C24H22FN3O3. The highest BCUT2D eigenvalue weighted by atomic mass is 19.1. The number of halogens is 1. The van der Waals surface area contributed by atoms with Crippen LogP contribution in [0.2, 0.25) is 0 Å². The molecule has 0 aromatic heterocycles. The number of nitriles is 1. The molecule has 1 fully saturated rings. The number of likely N-dealkylation sites (tertiary alicyclic amines) is 1. The lowest BCUT2D eigenvalue weighted by Gasteiger charge is -2.37. The number of amides is 2. The Labute approximate surface area is 180 Å². The van der Waals surface area contributed by atoms with Crippen LogP contribution in [0.25, 0.3) is 0 Å². The summed E-state index contributed by atoms with van der Waals surface area (Å²) in [4.78, 5) is 30.0. The van der Waals surface area contributed by atoms with Gasteiger partial charge in [-0.05, 0) is 55.5 Å². The molecule has 31 heavy (non-hydrogen) atoms. The molecule has 0 N–H and O–H groups in total. The summed E-state index contributed by atoms with van der Waals surface area (Å²) in [5.74, 6) is -0.364. The van der Waals surface area contributed by atoms with Gasteiger partial charge in [-0.3, -0.25) is 9.59 Å². The van der Waals surface area contributed by atoms with E-state index in [0.29, 0.717) is 50.2 Å². The average molecular weight is 419 g/mol. The Kier molecular flexibility index (Phi) is 5.81. The summed E-state index contributed by atoms with van der Waals surface area (Å²) < 4.78 is 18.9. The maximum atomic E-state index is 13.1. The Morgan fingerprint density at radius 3 is 2.65 bits per heavy atom. The zero-order valence-corrected chi connectivity index (χ0v) is 17.0. The lowest BCUT2D eigenvalue weighted by atomic mass is 9.75. The maximum Gasteiger partial charge on any atom is 0.270 e. The van der Waals surface area contributed by atoms with Crippen molar-refractivity contribution in [2.24, 2.45) is 10.4 Å². The van der Waals surface area contributed by atoms with E-state index in [1.54, 1.807) is 23.1 Å². The Morgan fingerprint density at radius 1 is 1.19 bits per heavy atom. The third-order valence-electron chi connectivity index (χ3n) is 5.89. The summed E-state index contributed by atoms with van der Waals surface area (Å²) in [7, 11) is 0. The molecule has 1 saturated heterocycles. The molecule has 0 unspecified atom stereocenters. The topological polar surface area (TPSA) is 82.8 Å². The summed E-state index contributed by atoms with van der Waals surface area (Å²) in [5.41, 5.74) is 1.64. The Morgan fingerprint density at radius 2 is 1.94 bits per heavy atom. The first kappa shape index (κ1) is 20.7. The van der Waals surface area contributed by atoms with Crippen LogP contribution in [-0.2, 0) is 20.7 Å². The number of piperidine rings is 1. The minimum Gasteiger partial charge on any atom is -0.482 e. The average Bonchev–Trinajstić information content (AvgIpc) is 2.79. The van der Waals surface area contributed by atoms with Crippen molar-refractivity contribution in [3.05, 3.63) is 71.3 Å². The molecule has 1 aromatic carbocycles. The smallest absolute Gasteiger partial charge is 0.270 e. The van der Waals surface area contributed by atoms with Gasteiger partial charge in [0.1, 0.15) is 17.3 Å². The normalized spacial score (nSPS) is 19.5. The first-order valence-electron chi connectivity index (χ1n) is 10.3. The van der Waals surface area contributed by atoms with Crippen molar-refractivity contribution < 1.29 is 18.7 Å². The van der Waals surface area contributed by atoms with Crippen LogP contribution in [0.15, 0.2) is 64.9 Å². The van der Waals surface area contributed by atoms with E-state index >= 15 is 0 Å². The second-order valence-electron chi connectivity index (χ2n) is 7.96. The molecule has 6 nitrogen and oxygen atoms in total. The number of ether oxygens (including phenoxy) is 1. The first-order chi connectivity index (χ1) is 15.0. The summed E-state index contributed by atoms with van der Waals surface area (Å²) in [5, 5.41) is 9.78. The minimum atomic E-state index is -0.565. The van der Waals surface area contributed by atoms with Gasteiger partial charge in [0.05, 0.1) is 11.5 Å². The van der Waals surface area contributed by atoms with Gasteiger partial charge in [-0.15, -0.1) is 0 Å². The Hall–Kier alpha value is -3.53. The highest BCUT2D eigenvalue weighted by molar-refractivity contribution is 6.21. The number of benzene rings is 1. The van der Waals surface area contributed by atoms with Gasteiger partial charge >= 0.3 is 0 Å². The number of fused-ring (bicyclic) bond motifs is 1. The molecular weight excluding hydrogens is 397 g/mol. The van der Waals surface area contributed by atoms with E-state index in [1.165, 1.54) is 18.2 Å². The number of rotatable bonds is 5. The van der Waals surface area contributed by atoms with Crippen LogP contribution < -0.4 is 0 Å². The minimum absolute atomic E-state index is 0.145. The fourth-order valence-corrected chi connectivity index (χ4v) is 4.07. The largest absolute Gasteiger partial charge is 0.482 e. The van der Waals surface area contributed by atoms with Crippen LogP contribution in [0.1, 0.15) is 24.8 Å². The highest BCUT2D eigenvalue weighted by Crippen LogP contribution is 2.34. The van der Waals surface area contributed by atoms with E-state index in [1.807, 2.05) is 12.2 Å². The molecule has 0 saturated carbocycles. The maximum absolute atomic E-state index is 13.1. The lowest BCUT2D eigenvalue weighted by Crippen LogP contribution is -2.45. The molecule has 1 aliphatic carbocycles. The van der Waals surface area contributed by atoms with Crippen molar-refractivity contribution in [1.29, 1.82) is 5.26 Å². The van der Waals surface area contributed by atoms with Gasteiger partial charge in [-0.1, -0.05) is 18.2 Å². The van der Waals surface area contributed by atoms with Gasteiger partial charge in [-0.25, -0.2) is 9.38 Å². The van der Waals surface area contributed by atoms with Crippen molar-refractivity contribution in [1.82, 2.24) is 4.90 Å². The molecule has 0 radical (unpaired) electrons. The molecule has 0 bridgehead atoms. The Balaban J connectivity index is 1.32. The number of allylic oxidation sites excluding steroid dienone is 4. The number of hydrogen-bond donors (Lipinski definition) is 0. The van der Waals surface area contributed by atoms with Crippen molar-refractivity contribution >= 4 is 17.5 Å². The number of carbonyl (C=O) groups excluding carboxylic acids is 2.